The summed E-state index contributed by atoms with van der Waals surface area (Å²) in [7, 11) is 0. The highest BCUT2D eigenvalue weighted by Crippen LogP contribution is 2.51. The standard InChI is InChI=1S/C57H35N5S/c1-3-16-36(17-4-1)38-20-11-22-40(34-38)54-58-55(60-56(59-54)45-28-13-19-37-18-7-8-26-43(37)45)41-23-12-21-39(35-41)44-27-14-31-48-51(44)52-46-29-15-33-50-53(46)62(47-30-9-10-32-49(47)63-50)57(52)61(48)42-24-5-2-6-25-42/h1-35H. The highest BCUT2D eigenvalue weighted by atomic mass is 32.2. The first-order valence-corrected chi connectivity index (χ1v) is 22.0. The van der Waals surface area contributed by atoms with Gasteiger partial charge in [-0.2, -0.15) is 0 Å². The Hall–Kier alpha value is -8.06. The summed E-state index contributed by atoms with van der Waals surface area (Å²) in [6.07, 6.45) is 0. The molecule has 0 N–H and O–H groups in total. The van der Waals surface area contributed by atoms with Crippen LogP contribution in [0.25, 0.3) is 111 Å². The van der Waals surface area contributed by atoms with Crippen molar-refractivity contribution in [2.75, 3.05) is 0 Å². The van der Waals surface area contributed by atoms with Crippen LogP contribution in [0.15, 0.2) is 222 Å². The van der Waals surface area contributed by atoms with Crippen LogP contribution >= 0.6 is 11.8 Å². The molecular weight excluding hydrogens is 787 g/mol. The summed E-state index contributed by atoms with van der Waals surface area (Å²) in [6.45, 7) is 0. The van der Waals surface area contributed by atoms with E-state index in [1.165, 1.54) is 37.2 Å². The lowest BCUT2D eigenvalue weighted by atomic mass is 9.97. The average Bonchev–Trinajstić information content (AvgIpc) is 3.88. The number of nitrogens with zero attached hydrogens (tertiary/aromatic N) is 5. The van der Waals surface area contributed by atoms with E-state index in [1.54, 1.807) is 0 Å². The van der Waals surface area contributed by atoms with Gasteiger partial charge in [-0.05, 0) is 81.6 Å². The maximum absolute atomic E-state index is 5.28. The SMILES string of the molecule is c1ccc(-c2cccc(-c3nc(-c4cccc(-c5cccc6c5c5c7cccc8c7n(c5n6-c5ccccc5)-c5ccccc5S8)c4)nc(-c4cccc5ccccc45)n3)c2)cc1. The van der Waals surface area contributed by atoms with Gasteiger partial charge in [0.05, 0.1) is 16.7 Å². The van der Waals surface area contributed by atoms with Crippen LogP contribution in [-0.2, 0) is 0 Å². The summed E-state index contributed by atoms with van der Waals surface area (Å²) in [4.78, 5) is 18.3. The van der Waals surface area contributed by atoms with Crippen molar-refractivity contribution in [3.63, 3.8) is 0 Å². The van der Waals surface area contributed by atoms with Crippen LogP contribution in [0.3, 0.4) is 0 Å². The van der Waals surface area contributed by atoms with Crippen molar-refractivity contribution in [2.45, 2.75) is 9.79 Å². The van der Waals surface area contributed by atoms with Crippen LogP contribution in [0.5, 0.6) is 0 Å². The lowest BCUT2D eigenvalue weighted by Crippen LogP contribution is -2.05. The molecule has 0 fully saturated rings. The van der Waals surface area contributed by atoms with E-state index < -0.39 is 0 Å². The van der Waals surface area contributed by atoms with E-state index in [0.29, 0.717) is 17.5 Å². The number of hydrogen-bond donors (Lipinski definition) is 0. The zero-order chi connectivity index (χ0) is 41.4. The Morgan fingerprint density at radius 3 is 1.78 bits per heavy atom. The Morgan fingerprint density at radius 1 is 0.365 bits per heavy atom. The number of rotatable bonds is 6. The van der Waals surface area contributed by atoms with Crippen molar-refractivity contribution in [3.05, 3.63) is 212 Å². The zero-order valence-corrected chi connectivity index (χ0v) is 34.7. The highest BCUT2D eigenvalue weighted by molar-refractivity contribution is 7.99. The fourth-order valence-corrected chi connectivity index (χ4v) is 10.7. The van der Waals surface area contributed by atoms with Crippen molar-refractivity contribution in [1.29, 1.82) is 0 Å². The van der Waals surface area contributed by atoms with Crippen molar-refractivity contribution >= 4 is 55.4 Å². The molecule has 1 aliphatic rings. The molecule has 63 heavy (non-hydrogen) atoms. The van der Waals surface area contributed by atoms with Crippen LogP contribution in [0, 0.1) is 0 Å². The smallest absolute Gasteiger partial charge is 0.164 e. The number of benzene rings is 9. The minimum absolute atomic E-state index is 0.620. The fraction of sp³-hybridized carbons (Fsp3) is 0. The predicted octanol–water partition coefficient (Wildman–Crippen LogP) is 14.9. The number of hydrogen-bond acceptors (Lipinski definition) is 4. The van der Waals surface area contributed by atoms with E-state index >= 15 is 0 Å². The molecule has 9 aromatic carbocycles. The van der Waals surface area contributed by atoms with Gasteiger partial charge in [0.25, 0.3) is 0 Å². The average molecular weight is 822 g/mol. The van der Waals surface area contributed by atoms with Gasteiger partial charge in [-0.15, -0.1) is 0 Å². The third kappa shape index (κ3) is 5.69. The first kappa shape index (κ1) is 35.7. The third-order valence-corrected chi connectivity index (χ3v) is 13.5. The molecule has 0 saturated heterocycles. The lowest BCUT2D eigenvalue weighted by molar-refractivity contribution is 1.03. The minimum Gasteiger partial charge on any atom is -0.295 e. The molecule has 6 heteroatoms. The summed E-state index contributed by atoms with van der Waals surface area (Å²) < 4.78 is 4.94. The van der Waals surface area contributed by atoms with Crippen molar-refractivity contribution in [3.8, 4) is 67.8 Å². The first-order valence-electron chi connectivity index (χ1n) is 21.2. The summed E-state index contributed by atoms with van der Waals surface area (Å²) >= 11 is 1.85. The summed E-state index contributed by atoms with van der Waals surface area (Å²) in [5.41, 5.74) is 13.2. The van der Waals surface area contributed by atoms with E-state index in [0.717, 1.165) is 66.6 Å². The topological polar surface area (TPSA) is 48.5 Å². The van der Waals surface area contributed by atoms with Crippen molar-refractivity contribution in [2.24, 2.45) is 0 Å². The number of aromatic nitrogens is 5. The Balaban J connectivity index is 1.05. The van der Waals surface area contributed by atoms with Crippen molar-refractivity contribution in [1.82, 2.24) is 24.1 Å². The van der Waals surface area contributed by atoms with E-state index in [1.807, 2.05) is 17.8 Å². The van der Waals surface area contributed by atoms with Gasteiger partial charge in [0, 0.05) is 48.3 Å². The molecule has 0 saturated carbocycles. The largest absolute Gasteiger partial charge is 0.295 e. The van der Waals surface area contributed by atoms with E-state index in [4.69, 9.17) is 15.0 Å². The van der Waals surface area contributed by atoms with Crippen LogP contribution < -0.4 is 0 Å². The van der Waals surface area contributed by atoms with Crippen LogP contribution in [0.1, 0.15) is 0 Å². The Morgan fingerprint density at radius 2 is 0.937 bits per heavy atom. The maximum atomic E-state index is 5.28. The Labute approximate surface area is 367 Å². The van der Waals surface area contributed by atoms with Gasteiger partial charge < -0.3 is 0 Å². The zero-order valence-electron chi connectivity index (χ0n) is 33.9. The first-order chi connectivity index (χ1) is 31.2. The van der Waals surface area contributed by atoms with Gasteiger partial charge in [0.2, 0.25) is 0 Å². The molecule has 13 rings (SSSR count). The molecule has 0 amide bonds. The minimum atomic E-state index is 0.620. The normalized spacial score (nSPS) is 12.1. The van der Waals surface area contributed by atoms with Gasteiger partial charge in [0.1, 0.15) is 5.65 Å². The highest BCUT2D eigenvalue weighted by Gasteiger charge is 2.29. The van der Waals surface area contributed by atoms with Gasteiger partial charge >= 0.3 is 0 Å². The molecule has 3 aromatic heterocycles. The number of fused-ring (bicyclic) bond motifs is 8. The van der Waals surface area contributed by atoms with Gasteiger partial charge in [0.15, 0.2) is 17.5 Å². The van der Waals surface area contributed by atoms with E-state index in [2.05, 4.69) is 215 Å². The Kier molecular flexibility index (Phi) is 8.08. The quantitative estimate of drug-likeness (QED) is 0.168. The van der Waals surface area contributed by atoms with E-state index in [-0.39, 0.29) is 0 Å². The van der Waals surface area contributed by atoms with Crippen LogP contribution in [0.2, 0.25) is 0 Å². The van der Waals surface area contributed by atoms with Gasteiger partial charge in [-0.1, -0.05) is 176 Å². The van der Waals surface area contributed by atoms with Crippen LogP contribution in [0.4, 0.5) is 0 Å². The molecule has 294 valence electrons. The summed E-state index contributed by atoms with van der Waals surface area (Å²) in [5.74, 6) is 1.88. The molecule has 0 spiro atoms. The Bertz CT molecular complexity index is 3770. The van der Waals surface area contributed by atoms with Crippen LogP contribution in [-0.4, -0.2) is 24.1 Å². The monoisotopic (exact) mass is 821 g/mol. The maximum Gasteiger partial charge on any atom is 0.164 e. The third-order valence-electron chi connectivity index (χ3n) is 12.3. The predicted molar refractivity (Wildman–Crippen MR) is 260 cm³/mol. The molecule has 0 radical (unpaired) electrons. The number of para-hydroxylation sites is 3. The fourth-order valence-electron chi connectivity index (χ4n) is 9.57. The summed E-state index contributed by atoms with van der Waals surface area (Å²) in [6, 6.07) is 75.4. The second-order valence-corrected chi connectivity index (χ2v) is 17.1. The summed E-state index contributed by atoms with van der Waals surface area (Å²) in [5, 5.41) is 5.93. The molecule has 5 nitrogen and oxygen atoms in total. The molecule has 0 atom stereocenters. The molecule has 0 bridgehead atoms. The second kappa shape index (κ2) is 14.3. The van der Waals surface area contributed by atoms with Gasteiger partial charge in [-0.25, -0.2) is 15.0 Å². The molecule has 12 aromatic rings. The second-order valence-electron chi connectivity index (χ2n) is 16.0. The van der Waals surface area contributed by atoms with E-state index in [9.17, 15) is 0 Å². The molecule has 1 aliphatic heterocycles. The lowest BCUT2D eigenvalue weighted by Gasteiger charge is -2.21. The molecule has 4 heterocycles. The van der Waals surface area contributed by atoms with Crippen molar-refractivity contribution < 1.29 is 0 Å². The molecule has 0 unspecified atom stereocenters. The molecule has 0 aliphatic carbocycles. The molecular formula is C57H35N5S. The van der Waals surface area contributed by atoms with Gasteiger partial charge in [-0.3, -0.25) is 9.13 Å².